The van der Waals surface area contributed by atoms with E-state index in [0.29, 0.717) is 0 Å². The van der Waals surface area contributed by atoms with Crippen LogP contribution in [0.5, 0.6) is 11.6 Å². The van der Waals surface area contributed by atoms with Gasteiger partial charge in [0.25, 0.3) is 0 Å². The number of benzene rings is 2. The first-order valence-electron chi connectivity index (χ1n) is 11.3. The molecule has 1 aliphatic rings. The number of thiazole rings is 1. The predicted octanol–water partition coefficient (Wildman–Crippen LogP) is 4.29. The Morgan fingerprint density at radius 2 is 1.73 bits per heavy atom. The fourth-order valence-electron chi connectivity index (χ4n) is 4.43. The van der Waals surface area contributed by atoms with Crippen LogP contribution < -0.4 is 9.64 Å². The summed E-state index contributed by atoms with van der Waals surface area (Å²) in [6.45, 7) is 7.72. The van der Waals surface area contributed by atoms with E-state index in [1.165, 1.54) is 28.2 Å². The largest absolute Gasteiger partial charge is 0.497 e. The van der Waals surface area contributed by atoms with E-state index < -0.39 is 0 Å². The van der Waals surface area contributed by atoms with Gasteiger partial charge in [-0.2, -0.15) is 4.52 Å². The maximum Gasteiger partial charge on any atom is 0.230 e. The van der Waals surface area contributed by atoms with Crippen LogP contribution >= 0.6 is 11.3 Å². The van der Waals surface area contributed by atoms with Crippen LogP contribution in [0.2, 0.25) is 0 Å². The summed E-state index contributed by atoms with van der Waals surface area (Å²) in [5.74, 6) is 1.82. The average molecular weight is 464 g/mol. The van der Waals surface area contributed by atoms with Crippen LogP contribution in [0.4, 0.5) is 5.69 Å². The molecule has 0 amide bonds. The molecule has 2 aromatic carbocycles. The second-order valence-corrected chi connectivity index (χ2v) is 9.41. The number of fused-ring (bicyclic) bond motifs is 1. The Labute approximate surface area is 197 Å². The van der Waals surface area contributed by atoms with E-state index in [1.807, 2.05) is 19.1 Å². The van der Waals surface area contributed by atoms with Crippen molar-refractivity contribution in [2.75, 3.05) is 38.2 Å². The van der Waals surface area contributed by atoms with E-state index in [2.05, 4.69) is 63.2 Å². The lowest BCUT2D eigenvalue weighted by molar-refractivity contribution is 0.211. The molecule has 1 fully saturated rings. The van der Waals surface area contributed by atoms with Gasteiger partial charge in [-0.3, -0.25) is 4.90 Å². The number of methoxy groups -OCH3 is 1. The minimum Gasteiger partial charge on any atom is -0.497 e. The van der Waals surface area contributed by atoms with Gasteiger partial charge in [0.05, 0.1) is 18.0 Å². The van der Waals surface area contributed by atoms with E-state index in [1.54, 1.807) is 11.6 Å². The maximum absolute atomic E-state index is 11.1. The van der Waals surface area contributed by atoms with Crippen LogP contribution in [0.25, 0.3) is 4.96 Å². The number of aromatic hydroxyl groups is 1. The highest BCUT2D eigenvalue weighted by atomic mass is 32.1. The number of piperazine rings is 1. The van der Waals surface area contributed by atoms with Gasteiger partial charge < -0.3 is 14.7 Å². The van der Waals surface area contributed by atoms with Gasteiger partial charge in [0.15, 0.2) is 5.82 Å². The van der Waals surface area contributed by atoms with Gasteiger partial charge in [0.2, 0.25) is 10.8 Å². The van der Waals surface area contributed by atoms with Crippen molar-refractivity contribution < 1.29 is 9.84 Å². The van der Waals surface area contributed by atoms with Crippen molar-refractivity contribution in [1.82, 2.24) is 19.5 Å². The normalized spacial score (nSPS) is 15.8. The number of ether oxygens (including phenoxy) is 1. The predicted molar refractivity (Wildman–Crippen MR) is 132 cm³/mol. The summed E-state index contributed by atoms with van der Waals surface area (Å²) in [5, 5.41) is 15.6. The van der Waals surface area contributed by atoms with Crippen molar-refractivity contribution in [1.29, 1.82) is 0 Å². The van der Waals surface area contributed by atoms with Gasteiger partial charge in [0.1, 0.15) is 5.75 Å². The lowest BCUT2D eigenvalue weighted by Gasteiger charge is -2.40. The molecule has 0 bridgehead atoms. The number of aromatic nitrogens is 3. The van der Waals surface area contributed by atoms with Crippen LogP contribution in [0.3, 0.4) is 0 Å². The number of anilines is 1. The zero-order chi connectivity index (χ0) is 22.9. The molecule has 5 rings (SSSR count). The van der Waals surface area contributed by atoms with E-state index in [4.69, 9.17) is 4.74 Å². The molecule has 8 heteroatoms. The van der Waals surface area contributed by atoms with E-state index in [9.17, 15) is 5.11 Å². The second-order valence-electron chi connectivity index (χ2n) is 8.40. The zero-order valence-corrected chi connectivity index (χ0v) is 20.0. The number of aryl methyl sites for hydroxylation is 2. The Balaban J connectivity index is 1.44. The highest BCUT2D eigenvalue weighted by molar-refractivity contribution is 7.17. The first kappa shape index (κ1) is 21.7. The van der Waals surface area contributed by atoms with E-state index in [-0.39, 0.29) is 11.9 Å². The summed E-state index contributed by atoms with van der Waals surface area (Å²) >= 11 is 1.53. The van der Waals surface area contributed by atoms with Crippen molar-refractivity contribution in [2.45, 2.75) is 26.3 Å². The summed E-state index contributed by atoms with van der Waals surface area (Å²) in [4.78, 5) is 11.1. The molecule has 0 saturated carbocycles. The SMILES string of the molecule is CCc1nc2sc([C@H](c3ccc(C)cc3)N3CCN(c4ccc(OC)cc4)CC3)c(O)n2n1. The number of hydrogen-bond donors (Lipinski definition) is 1. The third-order valence-corrected chi connectivity index (χ3v) is 7.39. The molecule has 4 aromatic rings. The molecule has 0 spiro atoms. The van der Waals surface area contributed by atoms with Crippen LogP contribution in [-0.2, 0) is 6.42 Å². The molecule has 0 aliphatic carbocycles. The average Bonchev–Trinajstić information content (AvgIpc) is 3.40. The standard InChI is InChI=1S/C25H29N5O2S/c1-4-21-26-25-30(27-21)24(31)23(33-25)22(18-7-5-17(2)6-8-18)29-15-13-28(14-16-29)19-9-11-20(32-3)12-10-19/h5-12,22,31H,4,13-16H2,1-3H3/t22-/m0/s1. The third-order valence-electron chi connectivity index (χ3n) is 6.32. The monoisotopic (exact) mass is 463 g/mol. The Kier molecular flexibility index (Phi) is 5.95. The van der Waals surface area contributed by atoms with Gasteiger partial charge in [-0.15, -0.1) is 5.10 Å². The van der Waals surface area contributed by atoms with Crippen molar-refractivity contribution in [2.24, 2.45) is 0 Å². The van der Waals surface area contributed by atoms with Gasteiger partial charge >= 0.3 is 0 Å². The Bertz CT molecular complexity index is 1220. The molecule has 1 aliphatic heterocycles. The van der Waals surface area contributed by atoms with Crippen molar-refractivity contribution >= 4 is 22.0 Å². The minimum atomic E-state index is -0.0396. The van der Waals surface area contributed by atoms with Gasteiger partial charge in [-0.25, -0.2) is 4.98 Å². The highest BCUT2D eigenvalue weighted by Gasteiger charge is 2.31. The first-order chi connectivity index (χ1) is 16.1. The van der Waals surface area contributed by atoms with Crippen LogP contribution in [-0.4, -0.2) is 57.9 Å². The molecule has 1 atom stereocenters. The molecule has 1 saturated heterocycles. The van der Waals surface area contributed by atoms with Crippen molar-refractivity contribution in [3.8, 4) is 11.6 Å². The molecular weight excluding hydrogens is 434 g/mol. The summed E-state index contributed by atoms with van der Waals surface area (Å²) in [5.41, 5.74) is 3.60. The fraction of sp³-hybridized carbons (Fsp3) is 0.360. The summed E-state index contributed by atoms with van der Waals surface area (Å²) < 4.78 is 6.88. The minimum absolute atomic E-state index is 0.0396. The molecule has 0 unspecified atom stereocenters. The molecule has 3 heterocycles. The van der Waals surface area contributed by atoms with Crippen LogP contribution in [0, 0.1) is 6.92 Å². The number of hydrogen-bond acceptors (Lipinski definition) is 7. The third kappa shape index (κ3) is 4.16. The van der Waals surface area contributed by atoms with Crippen LogP contribution in [0.1, 0.15) is 34.8 Å². The maximum atomic E-state index is 11.1. The van der Waals surface area contributed by atoms with Crippen LogP contribution in [0.15, 0.2) is 48.5 Å². The Morgan fingerprint density at radius 1 is 1.03 bits per heavy atom. The number of rotatable bonds is 6. The van der Waals surface area contributed by atoms with Gasteiger partial charge in [-0.05, 0) is 36.8 Å². The second kappa shape index (κ2) is 9.03. The molecule has 0 radical (unpaired) electrons. The number of nitrogens with zero attached hydrogens (tertiary/aromatic N) is 5. The quantitative estimate of drug-likeness (QED) is 0.460. The smallest absolute Gasteiger partial charge is 0.230 e. The molecule has 33 heavy (non-hydrogen) atoms. The first-order valence-corrected chi connectivity index (χ1v) is 12.2. The summed E-state index contributed by atoms with van der Waals surface area (Å²) in [6, 6.07) is 16.8. The molecule has 7 nitrogen and oxygen atoms in total. The fourth-order valence-corrected chi connectivity index (χ4v) is 5.56. The van der Waals surface area contributed by atoms with E-state index >= 15 is 0 Å². The summed E-state index contributed by atoms with van der Waals surface area (Å²) in [6.07, 6.45) is 0.748. The Morgan fingerprint density at radius 3 is 2.33 bits per heavy atom. The Hall–Kier alpha value is -3.10. The zero-order valence-electron chi connectivity index (χ0n) is 19.2. The topological polar surface area (TPSA) is 66.1 Å². The molecule has 2 aromatic heterocycles. The molecule has 172 valence electrons. The van der Waals surface area contributed by atoms with Gasteiger partial charge in [0, 0.05) is 38.3 Å². The van der Waals surface area contributed by atoms with E-state index in [0.717, 1.165) is 54.0 Å². The summed E-state index contributed by atoms with van der Waals surface area (Å²) in [7, 11) is 1.69. The van der Waals surface area contributed by atoms with Crippen molar-refractivity contribution in [3.63, 3.8) is 0 Å². The lowest BCUT2D eigenvalue weighted by atomic mass is 10.0. The molecular formula is C25H29N5O2S. The lowest BCUT2D eigenvalue weighted by Crippen LogP contribution is -2.47. The van der Waals surface area contributed by atoms with Crippen molar-refractivity contribution in [3.05, 3.63) is 70.4 Å². The van der Waals surface area contributed by atoms with Gasteiger partial charge in [-0.1, -0.05) is 48.1 Å². The molecule has 1 N–H and O–H groups in total. The highest BCUT2D eigenvalue weighted by Crippen LogP contribution is 2.40.